The normalized spacial score (nSPS) is 11.2. The standard InChI is InChI=1S/C14H18N2O/c1-15(2)9-5-10-16-11-8-12-6-3-4-7-13(12)14(16)17/h3-4,6-8,11H,5,9-10H2,1-2H3. The van der Waals surface area contributed by atoms with Crippen molar-refractivity contribution in [2.24, 2.45) is 0 Å². The lowest BCUT2D eigenvalue weighted by atomic mass is 10.2. The number of pyridine rings is 1. The summed E-state index contributed by atoms with van der Waals surface area (Å²) < 4.78 is 1.80. The van der Waals surface area contributed by atoms with E-state index in [0.29, 0.717) is 0 Å². The van der Waals surface area contributed by atoms with Gasteiger partial charge >= 0.3 is 0 Å². The fourth-order valence-electron chi connectivity index (χ4n) is 1.96. The van der Waals surface area contributed by atoms with Crippen LogP contribution in [-0.2, 0) is 6.54 Å². The fraction of sp³-hybridized carbons (Fsp3) is 0.357. The van der Waals surface area contributed by atoms with Crippen LogP contribution in [0.4, 0.5) is 0 Å². The summed E-state index contributed by atoms with van der Waals surface area (Å²) in [6, 6.07) is 9.74. The molecule has 0 amide bonds. The highest BCUT2D eigenvalue weighted by atomic mass is 16.1. The molecule has 0 N–H and O–H groups in total. The van der Waals surface area contributed by atoms with E-state index in [0.717, 1.165) is 30.3 Å². The van der Waals surface area contributed by atoms with E-state index in [2.05, 4.69) is 4.90 Å². The molecule has 0 aliphatic carbocycles. The molecule has 0 bridgehead atoms. The van der Waals surface area contributed by atoms with Gasteiger partial charge in [-0.05, 0) is 44.6 Å². The van der Waals surface area contributed by atoms with Crippen LogP contribution in [0.25, 0.3) is 10.8 Å². The van der Waals surface area contributed by atoms with Crippen LogP contribution < -0.4 is 5.56 Å². The molecule has 0 aliphatic rings. The van der Waals surface area contributed by atoms with Gasteiger partial charge in [0.2, 0.25) is 0 Å². The second-order valence-corrected chi connectivity index (χ2v) is 4.56. The lowest BCUT2D eigenvalue weighted by Gasteiger charge is -2.11. The number of aryl methyl sites for hydroxylation is 1. The third-order valence-corrected chi connectivity index (χ3v) is 2.89. The molecular weight excluding hydrogens is 212 g/mol. The van der Waals surface area contributed by atoms with Crippen LogP contribution in [-0.4, -0.2) is 30.1 Å². The van der Waals surface area contributed by atoms with Crippen molar-refractivity contribution in [2.45, 2.75) is 13.0 Å². The number of nitrogens with zero attached hydrogens (tertiary/aromatic N) is 2. The Morgan fingerprint density at radius 1 is 1.18 bits per heavy atom. The largest absolute Gasteiger partial charge is 0.315 e. The zero-order chi connectivity index (χ0) is 12.3. The maximum absolute atomic E-state index is 12.2. The molecule has 0 aliphatic heterocycles. The Balaban J connectivity index is 2.24. The van der Waals surface area contributed by atoms with Crippen molar-refractivity contribution in [1.29, 1.82) is 0 Å². The third kappa shape index (κ3) is 2.74. The van der Waals surface area contributed by atoms with E-state index in [9.17, 15) is 4.79 Å². The minimum absolute atomic E-state index is 0.113. The molecule has 2 aromatic rings. The van der Waals surface area contributed by atoms with Gasteiger partial charge in [0.15, 0.2) is 0 Å². The average Bonchev–Trinajstić information content (AvgIpc) is 2.32. The summed E-state index contributed by atoms with van der Waals surface area (Å²) in [6.45, 7) is 1.78. The maximum atomic E-state index is 12.2. The second kappa shape index (κ2) is 5.15. The summed E-state index contributed by atoms with van der Waals surface area (Å²) in [7, 11) is 4.09. The zero-order valence-corrected chi connectivity index (χ0v) is 10.4. The first-order valence-electron chi connectivity index (χ1n) is 5.91. The molecule has 90 valence electrons. The van der Waals surface area contributed by atoms with Crippen LogP contribution in [0.2, 0.25) is 0 Å². The molecular formula is C14H18N2O. The van der Waals surface area contributed by atoms with Gasteiger partial charge in [0, 0.05) is 18.1 Å². The van der Waals surface area contributed by atoms with Gasteiger partial charge in [-0.2, -0.15) is 0 Å². The summed E-state index contributed by atoms with van der Waals surface area (Å²) in [4.78, 5) is 14.3. The van der Waals surface area contributed by atoms with E-state index in [-0.39, 0.29) is 5.56 Å². The first kappa shape index (κ1) is 11.9. The van der Waals surface area contributed by atoms with E-state index < -0.39 is 0 Å². The zero-order valence-electron chi connectivity index (χ0n) is 10.4. The van der Waals surface area contributed by atoms with E-state index in [4.69, 9.17) is 0 Å². The Bertz CT molecular complexity index is 557. The van der Waals surface area contributed by atoms with Crippen LogP contribution in [0.15, 0.2) is 41.3 Å². The van der Waals surface area contributed by atoms with Crippen LogP contribution >= 0.6 is 0 Å². The molecule has 1 aromatic carbocycles. The molecule has 1 heterocycles. The number of aromatic nitrogens is 1. The van der Waals surface area contributed by atoms with Crippen molar-refractivity contribution in [3.05, 3.63) is 46.9 Å². The highest BCUT2D eigenvalue weighted by Gasteiger charge is 2.01. The Morgan fingerprint density at radius 2 is 1.94 bits per heavy atom. The van der Waals surface area contributed by atoms with Gasteiger partial charge < -0.3 is 9.47 Å². The predicted molar refractivity (Wildman–Crippen MR) is 71.4 cm³/mol. The van der Waals surface area contributed by atoms with Crippen molar-refractivity contribution in [2.75, 3.05) is 20.6 Å². The smallest absolute Gasteiger partial charge is 0.258 e. The number of hydrogen-bond acceptors (Lipinski definition) is 2. The van der Waals surface area contributed by atoms with Gasteiger partial charge in [0.1, 0.15) is 0 Å². The van der Waals surface area contributed by atoms with Crippen molar-refractivity contribution < 1.29 is 0 Å². The van der Waals surface area contributed by atoms with Crippen LogP contribution in [0.1, 0.15) is 6.42 Å². The molecule has 17 heavy (non-hydrogen) atoms. The molecule has 0 saturated carbocycles. The van der Waals surface area contributed by atoms with Crippen molar-refractivity contribution >= 4 is 10.8 Å². The quantitative estimate of drug-likeness (QED) is 0.802. The number of rotatable bonds is 4. The van der Waals surface area contributed by atoms with E-state index in [1.165, 1.54) is 0 Å². The van der Waals surface area contributed by atoms with Gasteiger partial charge in [0.05, 0.1) is 0 Å². The Kier molecular flexibility index (Phi) is 3.59. The summed E-state index contributed by atoms with van der Waals surface area (Å²) in [5, 5.41) is 1.82. The number of hydrogen-bond donors (Lipinski definition) is 0. The van der Waals surface area contributed by atoms with E-state index in [1.807, 2.05) is 50.6 Å². The first-order chi connectivity index (χ1) is 8.18. The summed E-state index contributed by atoms with van der Waals surface area (Å²) in [5.74, 6) is 0. The topological polar surface area (TPSA) is 25.2 Å². The molecule has 0 saturated heterocycles. The number of benzene rings is 1. The summed E-state index contributed by atoms with van der Waals surface area (Å²) >= 11 is 0. The van der Waals surface area contributed by atoms with Gasteiger partial charge in [-0.1, -0.05) is 18.2 Å². The molecule has 2 rings (SSSR count). The fourth-order valence-corrected chi connectivity index (χ4v) is 1.96. The SMILES string of the molecule is CN(C)CCCn1ccc2ccccc2c1=O. The van der Waals surface area contributed by atoms with Gasteiger partial charge in [-0.15, -0.1) is 0 Å². The molecule has 0 atom stereocenters. The van der Waals surface area contributed by atoms with Gasteiger partial charge in [-0.3, -0.25) is 4.79 Å². The Morgan fingerprint density at radius 3 is 2.71 bits per heavy atom. The predicted octanol–water partition coefficient (Wildman–Crippen LogP) is 1.95. The molecule has 3 nitrogen and oxygen atoms in total. The first-order valence-corrected chi connectivity index (χ1v) is 5.91. The minimum atomic E-state index is 0.113. The van der Waals surface area contributed by atoms with Crippen LogP contribution in [0.5, 0.6) is 0 Å². The summed E-state index contributed by atoms with van der Waals surface area (Å²) in [5.41, 5.74) is 0.113. The van der Waals surface area contributed by atoms with E-state index in [1.54, 1.807) is 4.57 Å². The summed E-state index contributed by atoms with van der Waals surface area (Å²) in [6.07, 6.45) is 2.88. The molecule has 0 radical (unpaired) electrons. The third-order valence-electron chi connectivity index (χ3n) is 2.89. The lowest BCUT2D eigenvalue weighted by molar-refractivity contribution is 0.385. The van der Waals surface area contributed by atoms with Crippen LogP contribution in [0, 0.1) is 0 Å². The lowest BCUT2D eigenvalue weighted by Crippen LogP contribution is -2.22. The molecule has 0 unspecified atom stereocenters. The van der Waals surface area contributed by atoms with Gasteiger partial charge in [-0.25, -0.2) is 0 Å². The Labute approximate surface area is 101 Å². The monoisotopic (exact) mass is 230 g/mol. The van der Waals surface area contributed by atoms with Crippen molar-refractivity contribution in [3.8, 4) is 0 Å². The molecule has 1 aromatic heterocycles. The highest BCUT2D eigenvalue weighted by Crippen LogP contribution is 2.08. The molecule has 0 fully saturated rings. The number of fused-ring (bicyclic) bond motifs is 1. The van der Waals surface area contributed by atoms with Gasteiger partial charge in [0.25, 0.3) is 5.56 Å². The van der Waals surface area contributed by atoms with Crippen molar-refractivity contribution in [1.82, 2.24) is 9.47 Å². The van der Waals surface area contributed by atoms with E-state index >= 15 is 0 Å². The second-order valence-electron chi connectivity index (χ2n) is 4.56. The molecule has 3 heteroatoms. The average molecular weight is 230 g/mol. The maximum Gasteiger partial charge on any atom is 0.258 e. The highest BCUT2D eigenvalue weighted by molar-refractivity contribution is 5.81. The van der Waals surface area contributed by atoms with Crippen molar-refractivity contribution in [3.63, 3.8) is 0 Å². The molecule has 0 spiro atoms. The Hall–Kier alpha value is -1.61. The van der Waals surface area contributed by atoms with Crippen LogP contribution in [0.3, 0.4) is 0 Å². The minimum Gasteiger partial charge on any atom is -0.315 e.